The van der Waals surface area contributed by atoms with Crippen LogP contribution in [-0.4, -0.2) is 20.7 Å². The van der Waals surface area contributed by atoms with Crippen LogP contribution in [-0.2, 0) is 6.54 Å². The van der Waals surface area contributed by atoms with Crippen LogP contribution in [0.1, 0.15) is 17.5 Å². The molecule has 0 aliphatic heterocycles. The standard InChI is InChI=1S/C5H8N4O/c1-2-9-3-7-5(8-9)4(6)10/h3H,2H2,1H3,(H2,6,10). The zero-order chi connectivity index (χ0) is 7.56. The lowest BCUT2D eigenvalue weighted by atomic mass is 10.6. The molecule has 5 nitrogen and oxygen atoms in total. The van der Waals surface area contributed by atoms with Crippen molar-refractivity contribution in [2.45, 2.75) is 13.5 Å². The molecule has 0 saturated heterocycles. The number of nitrogens with zero attached hydrogens (tertiary/aromatic N) is 3. The van der Waals surface area contributed by atoms with Gasteiger partial charge in [-0.1, -0.05) is 0 Å². The van der Waals surface area contributed by atoms with Gasteiger partial charge in [-0.05, 0) is 6.92 Å². The summed E-state index contributed by atoms with van der Waals surface area (Å²) in [6.45, 7) is 2.60. The van der Waals surface area contributed by atoms with E-state index in [2.05, 4.69) is 10.1 Å². The van der Waals surface area contributed by atoms with Crippen molar-refractivity contribution in [3.63, 3.8) is 0 Å². The fourth-order valence-corrected chi connectivity index (χ4v) is 0.560. The molecular weight excluding hydrogens is 132 g/mol. The zero-order valence-electron chi connectivity index (χ0n) is 5.61. The van der Waals surface area contributed by atoms with Gasteiger partial charge in [0.25, 0.3) is 5.91 Å². The highest BCUT2D eigenvalue weighted by molar-refractivity contribution is 5.88. The molecule has 1 heterocycles. The Hall–Kier alpha value is -1.39. The fraction of sp³-hybridized carbons (Fsp3) is 0.400. The Bertz CT molecular complexity index is 242. The molecule has 0 saturated carbocycles. The third-order valence-corrected chi connectivity index (χ3v) is 1.08. The summed E-state index contributed by atoms with van der Waals surface area (Å²) in [6.07, 6.45) is 1.47. The predicted molar refractivity (Wildman–Crippen MR) is 34.2 cm³/mol. The minimum Gasteiger partial charge on any atom is -0.363 e. The largest absolute Gasteiger partial charge is 0.363 e. The topological polar surface area (TPSA) is 73.8 Å². The van der Waals surface area contributed by atoms with Gasteiger partial charge in [-0.2, -0.15) is 0 Å². The van der Waals surface area contributed by atoms with Gasteiger partial charge >= 0.3 is 0 Å². The third kappa shape index (κ3) is 1.12. The molecule has 0 aliphatic rings. The van der Waals surface area contributed by atoms with E-state index in [1.807, 2.05) is 6.92 Å². The number of hydrogen-bond acceptors (Lipinski definition) is 3. The smallest absolute Gasteiger partial charge is 0.288 e. The molecule has 1 amide bonds. The molecular formula is C5H8N4O. The van der Waals surface area contributed by atoms with Gasteiger partial charge in [0.1, 0.15) is 6.33 Å². The maximum absolute atomic E-state index is 10.4. The van der Waals surface area contributed by atoms with Gasteiger partial charge in [-0.25, -0.2) is 4.98 Å². The predicted octanol–water partition coefficient (Wildman–Crippen LogP) is -0.603. The average molecular weight is 140 g/mol. The van der Waals surface area contributed by atoms with Crippen molar-refractivity contribution in [2.75, 3.05) is 0 Å². The molecule has 5 heteroatoms. The maximum atomic E-state index is 10.4. The van der Waals surface area contributed by atoms with Gasteiger partial charge in [0.15, 0.2) is 0 Å². The minimum absolute atomic E-state index is 0.0712. The summed E-state index contributed by atoms with van der Waals surface area (Å²) in [4.78, 5) is 14.1. The van der Waals surface area contributed by atoms with Crippen molar-refractivity contribution in [3.05, 3.63) is 12.2 Å². The maximum Gasteiger partial charge on any atom is 0.288 e. The number of carbonyl (C=O) groups excluding carboxylic acids is 1. The van der Waals surface area contributed by atoms with Gasteiger partial charge in [0.2, 0.25) is 5.82 Å². The Morgan fingerprint density at radius 1 is 1.90 bits per heavy atom. The quantitative estimate of drug-likeness (QED) is 0.595. The molecule has 1 rings (SSSR count). The number of primary amides is 1. The van der Waals surface area contributed by atoms with Crippen LogP contribution in [0.5, 0.6) is 0 Å². The van der Waals surface area contributed by atoms with Crippen LogP contribution in [0, 0.1) is 0 Å². The Balaban J connectivity index is 2.88. The van der Waals surface area contributed by atoms with Crippen molar-refractivity contribution in [3.8, 4) is 0 Å². The van der Waals surface area contributed by atoms with E-state index in [0.717, 1.165) is 0 Å². The lowest BCUT2D eigenvalue weighted by Gasteiger charge is -1.87. The summed E-state index contributed by atoms with van der Waals surface area (Å²) in [5, 5.41) is 3.76. The van der Waals surface area contributed by atoms with E-state index >= 15 is 0 Å². The lowest BCUT2D eigenvalue weighted by molar-refractivity contribution is 0.0990. The molecule has 0 unspecified atom stereocenters. The van der Waals surface area contributed by atoms with Crippen LogP contribution in [0.15, 0.2) is 6.33 Å². The van der Waals surface area contributed by atoms with Gasteiger partial charge in [-0.15, -0.1) is 5.10 Å². The first-order chi connectivity index (χ1) is 4.74. The van der Waals surface area contributed by atoms with Crippen LogP contribution >= 0.6 is 0 Å². The van der Waals surface area contributed by atoms with Gasteiger partial charge in [0, 0.05) is 6.54 Å². The Labute approximate surface area is 57.9 Å². The van der Waals surface area contributed by atoms with Crippen LogP contribution in [0.25, 0.3) is 0 Å². The van der Waals surface area contributed by atoms with E-state index in [1.165, 1.54) is 6.33 Å². The van der Waals surface area contributed by atoms with E-state index < -0.39 is 5.91 Å². The van der Waals surface area contributed by atoms with Crippen molar-refractivity contribution in [1.29, 1.82) is 0 Å². The third-order valence-electron chi connectivity index (χ3n) is 1.08. The van der Waals surface area contributed by atoms with Crippen LogP contribution < -0.4 is 5.73 Å². The number of aryl methyl sites for hydroxylation is 1. The monoisotopic (exact) mass is 140 g/mol. The Morgan fingerprint density at radius 2 is 2.60 bits per heavy atom. The fourth-order valence-electron chi connectivity index (χ4n) is 0.560. The average Bonchev–Trinajstić information content (AvgIpc) is 2.34. The molecule has 10 heavy (non-hydrogen) atoms. The van der Waals surface area contributed by atoms with Crippen molar-refractivity contribution in [1.82, 2.24) is 14.8 Å². The first-order valence-electron chi connectivity index (χ1n) is 2.93. The second kappa shape index (κ2) is 2.47. The normalized spacial score (nSPS) is 9.70. The number of hydrogen-bond donors (Lipinski definition) is 1. The van der Waals surface area contributed by atoms with E-state index in [-0.39, 0.29) is 5.82 Å². The highest BCUT2D eigenvalue weighted by atomic mass is 16.1. The van der Waals surface area contributed by atoms with Crippen LogP contribution in [0.4, 0.5) is 0 Å². The summed E-state index contributed by atoms with van der Waals surface area (Å²) in [6, 6.07) is 0. The molecule has 54 valence electrons. The van der Waals surface area contributed by atoms with E-state index in [9.17, 15) is 4.79 Å². The summed E-state index contributed by atoms with van der Waals surface area (Å²) >= 11 is 0. The van der Waals surface area contributed by atoms with Crippen molar-refractivity contribution >= 4 is 5.91 Å². The number of amides is 1. The second-order valence-corrected chi connectivity index (χ2v) is 1.79. The number of carbonyl (C=O) groups is 1. The molecule has 0 spiro atoms. The molecule has 0 fully saturated rings. The molecule has 2 N–H and O–H groups in total. The second-order valence-electron chi connectivity index (χ2n) is 1.79. The molecule has 0 atom stereocenters. The Kier molecular flexibility index (Phi) is 1.66. The summed E-state index contributed by atoms with van der Waals surface area (Å²) in [5.41, 5.74) is 4.90. The van der Waals surface area contributed by atoms with Gasteiger partial charge in [-0.3, -0.25) is 9.48 Å². The molecule has 0 radical (unpaired) electrons. The molecule has 1 aromatic heterocycles. The number of aromatic nitrogens is 3. The van der Waals surface area contributed by atoms with E-state index in [0.29, 0.717) is 6.54 Å². The van der Waals surface area contributed by atoms with Gasteiger partial charge < -0.3 is 5.73 Å². The SMILES string of the molecule is CCn1cnc(C(N)=O)n1. The molecule has 0 aliphatic carbocycles. The summed E-state index contributed by atoms with van der Waals surface area (Å²) < 4.78 is 1.54. The number of rotatable bonds is 2. The van der Waals surface area contributed by atoms with E-state index in [1.54, 1.807) is 4.68 Å². The highest BCUT2D eigenvalue weighted by Gasteiger charge is 2.04. The zero-order valence-corrected chi connectivity index (χ0v) is 5.61. The Morgan fingerprint density at radius 3 is 2.90 bits per heavy atom. The van der Waals surface area contributed by atoms with Crippen LogP contribution in [0.3, 0.4) is 0 Å². The lowest BCUT2D eigenvalue weighted by Crippen LogP contribution is -2.13. The van der Waals surface area contributed by atoms with E-state index in [4.69, 9.17) is 5.73 Å². The molecule has 1 aromatic rings. The molecule has 0 bridgehead atoms. The summed E-state index contributed by atoms with van der Waals surface area (Å²) in [7, 11) is 0. The van der Waals surface area contributed by atoms with Crippen molar-refractivity contribution in [2.24, 2.45) is 5.73 Å². The molecule has 0 aromatic carbocycles. The first-order valence-corrected chi connectivity index (χ1v) is 2.93. The minimum atomic E-state index is -0.591. The highest BCUT2D eigenvalue weighted by Crippen LogP contribution is 1.86. The number of nitrogens with two attached hydrogens (primary N) is 1. The summed E-state index contributed by atoms with van der Waals surface area (Å²) in [5.74, 6) is -0.519. The van der Waals surface area contributed by atoms with Crippen molar-refractivity contribution < 1.29 is 4.79 Å². The first kappa shape index (κ1) is 6.73. The van der Waals surface area contributed by atoms with Gasteiger partial charge in [0.05, 0.1) is 0 Å². The van der Waals surface area contributed by atoms with Crippen LogP contribution in [0.2, 0.25) is 0 Å².